The molecule has 0 radical (unpaired) electrons. The maximum atomic E-state index is 12.1. The number of rotatable bonds is 3. The molecule has 4 nitrogen and oxygen atoms in total. The standard InChI is InChI=1S/C12H18ClNO3S2/c1-10-5-7-11(8-6-10)19(16,17)14-18(13,15)9-12(2,3)4/h5-8H,9H2,1-4H3. The van der Waals surface area contributed by atoms with E-state index in [0.717, 1.165) is 5.56 Å². The van der Waals surface area contributed by atoms with Crippen LogP contribution in [0.4, 0.5) is 0 Å². The summed E-state index contributed by atoms with van der Waals surface area (Å²) < 4.78 is 39.5. The molecule has 0 N–H and O–H groups in total. The highest BCUT2D eigenvalue weighted by Gasteiger charge is 2.22. The summed E-state index contributed by atoms with van der Waals surface area (Å²) >= 11 is 0. The van der Waals surface area contributed by atoms with Gasteiger partial charge in [-0.2, -0.15) is 8.42 Å². The molecule has 0 bridgehead atoms. The Morgan fingerprint density at radius 1 is 1.11 bits per heavy atom. The van der Waals surface area contributed by atoms with Crippen LogP contribution in [-0.2, 0) is 19.0 Å². The summed E-state index contributed by atoms with van der Waals surface area (Å²) in [6.07, 6.45) is 0. The average Bonchev–Trinajstić information content (AvgIpc) is 2.11. The Labute approximate surface area is 119 Å². The zero-order valence-electron chi connectivity index (χ0n) is 11.4. The highest BCUT2D eigenvalue weighted by atomic mass is 35.7. The van der Waals surface area contributed by atoms with E-state index in [1.165, 1.54) is 12.1 Å². The third-order valence-electron chi connectivity index (χ3n) is 2.14. The lowest BCUT2D eigenvalue weighted by Gasteiger charge is -2.17. The number of hydrogen-bond acceptors (Lipinski definition) is 3. The summed E-state index contributed by atoms with van der Waals surface area (Å²) in [7, 11) is -1.52. The van der Waals surface area contributed by atoms with Crippen LogP contribution in [0.3, 0.4) is 0 Å². The molecular formula is C12H18ClNO3S2. The quantitative estimate of drug-likeness (QED) is 0.801. The van der Waals surface area contributed by atoms with Crippen LogP contribution in [0.5, 0.6) is 0 Å². The molecule has 0 heterocycles. The molecule has 108 valence electrons. The van der Waals surface area contributed by atoms with Crippen molar-refractivity contribution in [2.45, 2.75) is 32.6 Å². The molecule has 0 aromatic heterocycles. The number of aryl methyl sites for hydroxylation is 1. The van der Waals surface area contributed by atoms with E-state index in [9.17, 15) is 12.6 Å². The second-order valence-corrected chi connectivity index (χ2v) is 10.5. The van der Waals surface area contributed by atoms with Crippen LogP contribution in [0.2, 0.25) is 0 Å². The second kappa shape index (κ2) is 5.42. The Kier molecular flexibility index (Phi) is 4.70. The lowest BCUT2D eigenvalue weighted by atomic mass is 10.0. The van der Waals surface area contributed by atoms with Gasteiger partial charge in [0.2, 0.25) is 0 Å². The van der Waals surface area contributed by atoms with E-state index in [0.29, 0.717) is 0 Å². The summed E-state index contributed by atoms with van der Waals surface area (Å²) in [5.74, 6) is 0.00659. The van der Waals surface area contributed by atoms with Crippen LogP contribution in [0.15, 0.2) is 32.9 Å². The minimum atomic E-state index is -3.99. The lowest BCUT2D eigenvalue weighted by Crippen LogP contribution is -2.17. The van der Waals surface area contributed by atoms with E-state index in [1.807, 2.05) is 27.7 Å². The Bertz CT molecular complexity index is 664. The lowest BCUT2D eigenvalue weighted by molar-refractivity contribution is 0.474. The van der Waals surface area contributed by atoms with Gasteiger partial charge in [0, 0.05) is 10.7 Å². The first-order valence-electron chi connectivity index (χ1n) is 5.69. The molecule has 19 heavy (non-hydrogen) atoms. The van der Waals surface area contributed by atoms with Gasteiger partial charge in [0.25, 0.3) is 10.0 Å². The third-order valence-corrected chi connectivity index (χ3v) is 6.74. The molecule has 1 aromatic rings. The SMILES string of the molecule is Cc1ccc(S(=O)(=O)N=S(=O)(Cl)CC(C)(C)C)cc1. The molecule has 0 spiro atoms. The fourth-order valence-corrected chi connectivity index (χ4v) is 6.39. The highest BCUT2D eigenvalue weighted by Crippen LogP contribution is 2.23. The number of sulfonamides is 1. The van der Waals surface area contributed by atoms with Crippen molar-refractivity contribution in [3.63, 3.8) is 0 Å². The topological polar surface area (TPSA) is 63.6 Å². The third kappa shape index (κ3) is 5.50. The molecule has 0 saturated carbocycles. The Morgan fingerprint density at radius 2 is 1.58 bits per heavy atom. The van der Waals surface area contributed by atoms with Crippen molar-refractivity contribution in [2.75, 3.05) is 5.75 Å². The summed E-state index contributed by atoms with van der Waals surface area (Å²) in [6.45, 7) is 7.31. The van der Waals surface area contributed by atoms with Crippen molar-refractivity contribution in [3.05, 3.63) is 29.8 Å². The zero-order chi connectivity index (χ0) is 14.9. The van der Waals surface area contributed by atoms with Gasteiger partial charge in [-0.1, -0.05) is 42.2 Å². The smallest absolute Gasteiger partial charge is 0.232 e. The zero-order valence-corrected chi connectivity index (χ0v) is 13.8. The molecule has 0 saturated heterocycles. The van der Waals surface area contributed by atoms with Crippen molar-refractivity contribution in [3.8, 4) is 0 Å². The molecule has 1 rings (SSSR count). The molecule has 0 aliphatic carbocycles. The number of hydrogen-bond donors (Lipinski definition) is 0. The van der Waals surface area contributed by atoms with Gasteiger partial charge < -0.3 is 0 Å². The maximum Gasteiger partial charge on any atom is 0.291 e. The number of nitrogens with zero attached hydrogens (tertiary/aromatic N) is 1. The van der Waals surface area contributed by atoms with Gasteiger partial charge in [0.05, 0.1) is 10.6 Å². The molecule has 1 atom stereocenters. The van der Waals surface area contributed by atoms with Crippen LogP contribution < -0.4 is 0 Å². The predicted octanol–water partition coefficient (Wildman–Crippen LogP) is 3.35. The van der Waals surface area contributed by atoms with E-state index in [4.69, 9.17) is 10.7 Å². The van der Waals surface area contributed by atoms with E-state index in [-0.39, 0.29) is 16.1 Å². The Morgan fingerprint density at radius 3 is 2.00 bits per heavy atom. The van der Waals surface area contributed by atoms with Crippen molar-refractivity contribution in [1.29, 1.82) is 0 Å². The summed E-state index contributed by atoms with van der Waals surface area (Å²) in [5, 5.41) is 0. The Balaban J connectivity index is 3.22. The van der Waals surface area contributed by atoms with Crippen LogP contribution in [-0.4, -0.2) is 18.4 Å². The summed E-state index contributed by atoms with van der Waals surface area (Å²) in [4.78, 5) is 0.000356. The maximum absolute atomic E-state index is 12.1. The molecule has 0 aliphatic rings. The first kappa shape index (κ1) is 16.5. The van der Waals surface area contributed by atoms with Crippen molar-refractivity contribution < 1.29 is 12.6 Å². The van der Waals surface area contributed by atoms with Gasteiger partial charge in [-0.3, -0.25) is 0 Å². The largest absolute Gasteiger partial charge is 0.291 e. The molecule has 1 aromatic carbocycles. The molecule has 1 unspecified atom stereocenters. The van der Waals surface area contributed by atoms with Crippen LogP contribution in [0, 0.1) is 12.3 Å². The summed E-state index contributed by atoms with van der Waals surface area (Å²) in [6, 6.07) is 6.17. The van der Waals surface area contributed by atoms with Crippen LogP contribution in [0.1, 0.15) is 26.3 Å². The average molecular weight is 324 g/mol. The first-order chi connectivity index (χ1) is 8.41. The molecule has 7 heteroatoms. The van der Waals surface area contributed by atoms with Gasteiger partial charge >= 0.3 is 0 Å². The second-order valence-electron chi connectivity index (χ2n) is 5.63. The highest BCUT2D eigenvalue weighted by molar-refractivity contribution is 8.19. The monoisotopic (exact) mass is 323 g/mol. The molecule has 0 fully saturated rings. The van der Waals surface area contributed by atoms with Gasteiger partial charge in [-0.15, -0.1) is 0 Å². The first-order valence-corrected chi connectivity index (χ1v) is 9.64. The fraction of sp³-hybridized carbons (Fsp3) is 0.500. The van der Waals surface area contributed by atoms with Gasteiger partial charge in [-0.25, -0.2) is 4.21 Å². The summed E-state index contributed by atoms with van der Waals surface area (Å²) in [5.41, 5.74) is 0.561. The van der Waals surface area contributed by atoms with Crippen LogP contribution in [0.25, 0.3) is 0 Å². The minimum Gasteiger partial charge on any atom is -0.232 e. The molecular weight excluding hydrogens is 306 g/mol. The van der Waals surface area contributed by atoms with E-state index in [1.54, 1.807) is 12.1 Å². The number of benzene rings is 1. The van der Waals surface area contributed by atoms with E-state index < -0.39 is 19.0 Å². The van der Waals surface area contributed by atoms with E-state index in [2.05, 4.69) is 3.77 Å². The van der Waals surface area contributed by atoms with E-state index >= 15 is 0 Å². The molecule has 0 aliphatic heterocycles. The number of halogens is 1. The van der Waals surface area contributed by atoms with Gasteiger partial charge in [0.1, 0.15) is 8.94 Å². The van der Waals surface area contributed by atoms with Crippen molar-refractivity contribution >= 4 is 29.6 Å². The predicted molar refractivity (Wildman–Crippen MR) is 79.1 cm³/mol. The van der Waals surface area contributed by atoms with Crippen LogP contribution >= 0.6 is 10.7 Å². The minimum absolute atomic E-state index is 0.000356. The van der Waals surface area contributed by atoms with Crippen molar-refractivity contribution in [1.82, 2.24) is 0 Å². The Hall–Kier alpha value is -0.590. The van der Waals surface area contributed by atoms with Gasteiger partial charge in [-0.05, 0) is 24.5 Å². The van der Waals surface area contributed by atoms with Gasteiger partial charge in [0.15, 0.2) is 0 Å². The molecule has 0 amide bonds. The van der Waals surface area contributed by atoms with Crippen molar-refractivity contribution in [2.24, 2.45) is 9.18 Å². The fourth-order valence-electron chi connectivity index (χ4n) is 1.46. The normalized spacial score (nSPS) is 15.8.